The van der Waals surface area contributed by atoms with Gasteiger partial charge in [0, 0.05) is 19.4 Å². The van der Waals surface area contributed by atoms with Crippen LogP contribution in [0.25, 0.3) is 0 Å². The number of hydrogen-bond donors (Lipinski definition) is 0. The zero-order valence-electron chi connectivity index (χ0n) is 14.2. The number of carbonyl (C=O) groups excluding carboxylic acids is 2. The highest BCUT2D eigenvalue weighted by Gasteiger charge is 2.38. The summed E-state index contributed by atoms with van der Waals surface area (Å²) in [7, 11) is -6.94. The summed E-state index contributed by atoms with van der Waals surface area (Å²) in [6.45, 7) is 3.24. The van der Waals surface area contributed by atoms with E-state index in [9.17, 15) is 18.7 Å². The zero-order chi connectivity index (χ0) is 18.9. The van der Waals surface area contributed by atoms with E-state index in [2.05, 4.69) is 0 Å². The summed E-state index contributed by atoms with van der Waals surface area (Å²) in [5.74, 6) is 0.328. The first-order chi connectivity index (χ1) is 12.2. The van der Waals surface area contributed by atoms with Gasteiger partial charge in [-0.15, -0.1) is 0 Å². The molecule has 2 fully saturated rings. The minimum absolute atomic E-state index is 0.147. The highest BCUT2D eigenvalue weighted by molar-refractivity contribution is 7.57. The Kier molecular flexibility index (Phi) is 4.90. The van der Waals surface area contributed by atoms with Crippen molar-refractivity contribution < 1.29 is 37.2 Å². The molecule has 0 N–H and O–H groups in total. The Hall–Kier alpha value is -2.18. The molecule has 142 valence electrons. The van der Waals surface area contributed by atoms with Crippen LogP contribution >= 0.6 is 15.0 Å². The Morgan fingerprint density at radius 3 is 1.65 bits per heavy atom. The van der Waals surface area contributed by atoms with Gasteiger partial charge < -0.3 is 18.5 Å². The monoisotopic (exact) mass is 404 g/mol. The van der Waals surface area contributed by atoms with Crippen LogP contribution in [0.3, 0.4) is 0 Å². The fourth-order valence-electron chi connectivity index (χ4n) is 2.51. The second-order valence-electron chi connectivity index (χ2n) is 5.74. The maximum Gasteiger partial charge on any atom is 0.417 e. The minimum atomic E-state index is -3.47. The molecule has 0 saturated carbocycles. The molecular formula is C14H18N2O8P2. The Labute approximate surface area is 150 Å². The lowest BCUT2D eigenvalue weighted by Gasteiger charge is -2.24. The number of nitrogens with zero attached hydrogens (tertiary/aromatic N) is 2. The van der Waals surface area contributed by atoms with Crippen molar-refractivity contribution in [3.63, 3.8) is 0 Å². The molecule has 2 aliphatic heterocycles. The number of cyclic esters (lactones) is 2. The predicted molar refractivity (Wildman–Crippen MR) is 90.9 cm³/mol. The summed E-state index contributed by atoms with van der Waals surface area (Å²) in [6.07, 6.45) is -1.40. The number of rotatable bonds is 6. The summed E-state index contributed by atoms with van der Waals surface area (Å²) in [5, 5.41) is 0. The summed E-state index contributed by atoms with van der Waals surface area (Å²) < 4.78 is 47.9. The van der Waals surface area contributed by atoms with E-state index in [-0.39, 0.29) is 37.8 Å². The van der Waals surface area contributed by atoms with Crippen molar-refractivity contribution in [3.8, 4) is 11.5 Å². The SMILES string of the molecule is CP(=O)(Oc1cccc(OP(C)(=O)N2CCOC2=O)c1)N1CCOC1=O. The largest absolute Gasteiger partial charge is 0.447 e. The minimum Gasteiger partial charge on any atom is -0.447 e. The molecular weight excluding hydrogens is 386 g/mol. The van der Waals surface area contributed by atoms with Gasteiger partial charge in [0.2, 0.25) is 0 Å². The van der Waals surface area contributed by atoms with Crippen LogP contribution < -0.4 is 9.05 Å². The highest BCUT2D eigenvalue weighted by Crippen LogP contribution is 2.51. The normalized spacial score (nSPS) is 21.6. The molecule has 0 aliphatic carbocycles. The van der Waals surface area contributed by atoms with Crippen LogP contribution in [0.1, 0.15) is 0 Å². The lowest BCUT2D eigenvalue weighted by Crippen LogP contribution is -2.23. The summed E-state index contributed by atoms with van der Waals surface area (Å²) in [4.78, 5) is 23.2. The first kappa shape index (κ1) is 18.6. The van der Waals surface area contributed by atoms with E-state index in [1.807, 2.05) is 0 Å². The van der Waals surface area contributed by atoms with Gasteiger partial charge >= 0.3 is 27.2 Å². The third kappa shape index (κ3) is 3.81. The topological polar surface area (TPSA) is 112 Å². The van der Waals surface area contributed by atoms with E-state index in [0.29, 0.717) is 0 Å². The van der Waals surface area contributed by atoms with E-state index >= 15 is 0 Å². The van der Waals surface area contributed by atoms with Crippen molar-refractivity contribution in [2.75, 3.05) is 39.6 Å². The van der Waals surface area contributed by atoms with Crippen LogP contribution in [-0.2, 0) is 18.6 Å². The molecule has 1 aromatic rings. The van der Waals surface area contributed by atoms with Gasteiger partial charge in [0.15, 0.2) is 0 Å². The van der Waals surface area contributed by atoms with Crippen molar-refractivity contribution in [1.29, 1.82) is 0 Å². The molecule has 2 amide bonds. The molecule has 0 aromatic heterocycles. The van der Waals surface area contributed by atoms with Crippen molar-refractivity contribution >= 4 is 27.2 Å². The molecule has 0 radical (unpaired) electrons. The van der Waals surface area contributed by atoms with E-state index in [0.717, 1.165) is 9.34 Å². The van der Waals surface area contributed by atoms with Crippen LogP contribution in [0.15, 0.2) is 24.3 Å². The van der Waals surface area contributed by atoms with Gasteiger partial charge in [0.1, 0.15) is 24.7 Å². The molecule has 3 rings (SSSR count). The average Bonchev–Trinajstić information content (AvgIpc) is 3.15. The van der Waals surface area contributed by atoms with Crippen molar-refractivity contribution in [2.24, 2.45) is 0 Å². The smallest absolute Gasteiger partial charge is 0.417 e. The van der Waals surface area contributed by atoms with Crippen LogP contribution in [0.4, 0.5) is 9.59 Å². The predicted octanol–water partition coefficient (Wildman–Crippen LogP) is 2.99. The molecule has 26 heavy (non-hydrogen) atoms. The van der Waals surface area contributed by atoms with Gasteiger partial charge in [-0.3, -0.25) is 9.13 Å². The molecule has 0 bridgehead atoms. The fourth-order valence-corrected chi connectivity index (χ4v) is 5.31. The third-order valence-corrected chi connectivity index (χ3v) is 7.29. The lowest BCUT2D eigenvalue weighted by molar-refractivity contribution is 0.167. The molecule has 1 aromatic carbocycles. The molecule has 2 atom stereocenters. The van der Waals surface area contributed by atoms with Gasteiger partial charge in [0.05, 0.1) is 13.1 Å². The molecule has 10 nitrogen and oxygen atoms in total. The Balaban J connectivity index is 1.74. The summed E-state index contributed by atoms with van der Waals surface area (Å²) >= 11 is 0. The number of hydrogen-bond acceptors (Lipinski definition) is 8. The molecule has 12 heteroatoms. The molecule has 2 aliphatic rings. The first-order valence-corrected chi connectivity index (χ1v) is 11.8. The van der Waals surface area contributed by atoms with Gasteiger partial charge in [-0.25, -0.2) is 18.9 Å². The maximum absolute atomic E-state index is 12.7. The molecule has 0 spiro atoms. The lowest BCUT2D eigenvalue weighted by atomic mass is 10.3. The van der Waals surface area contributed by atoms with E-state index in [1.54, 1.807) is 6.07 Å². The molecule has 2 unspecified atom stereocenters. The van der Waals surface area contributed by atoms with Crippen LogP contribution in [-0.4, -0.2) is 61.2 Å². The van der Waals surface area contributed by atoms with Crippen LogP contribution in [0.5, 0.6) is 11.5 Å². The van der Waals surface area contributed by atoms with Crippen LogP contribution in [0, 0.1) is 0 Å². The first-order valence-electron chi connectivity index (χ1n) is 7.73. The maximum atomic E-state index is 12.7. The zero-order valence-corrected chi connectivity index (χ0v) is 16.0. The Morgan fingerprint density at radius 1 is 0.885 bits per heavy atom. The fraction of sp³-hybridized carbons (Fsp3) is 0.429. The molecule has 2 saturated heterocycles. The Bertz CT molecular complexity index is 766. The quantitative estimate of drug-likeness (QED) is 0.666. The van der Waals surface area contributed by atoms with E-state index < -0.39 is 27.2 Å². The third-order valence-electron chi connectivity index (χ3n) is 3.71. The highest BCUT2D eigenvalue weighted by atomic mass is 31.2. The number of amides is 2. The average molecular weight is 404 g/mol. The number of benzene rings is 1. The summed E-state index contributed by atoms with van der Waals surface area (Å²) in [6, 6.07) is 5.98. The van der Waals surface area contributed by atoms with Crippen molar-refractivity contribution in [3.05, 3.63) is 24.3 Å². The molecule has 2 heterocycles. The second kappa shape index (κ2) is 6.85. The number of ether oxygens (including phenoxy) is 2. The standard InChI is InChI=1S/C14H18N2O8P2/c1-25(19,15-6-8-21-13(15)17)23-11-4-3-5-12(10-11)24-26(2,20)16-7-9-22-14(16)18/h3-5,10H,6-9H2,1-2H3. The Morgan fingerprint density at radius 2 is 1.31 bits per heavy atom. The van der Waals surface area contributed by atoms with Gasteiger partial charge in [0.25, 0.3) is 0 Å². The van der Waals surface area contributed by atoms with E-state index in [4.69, 9.17) is 18.5 Å². The van der Waals surface area contributed by atoms with E-state index in [1.165, 1.54) is 31.5 Å². The van der Waals surface area contributed by atoms with Crippen molar-refractivity contribution in [1.82, 2.24) is 9.34 Å². The van der Waals surface area contributed by atoms with Gasteiger partial charge in [-0.2, -0.15) is 0 Å². The number of carbonyl (C=O) groups is 2. The summed E-state index contributed by atoms with van der Waals surface area (Å²) in [5.41, 5.74) is 0. The van der Waals surface area contributed by atoms with Crippen LogP contribution in [0.2, 0.25) is 0 Å². The second-order valence-corrected chi connectivity index (χ2v) is 10.3. The van der Waals surface area contributed by atoms with Gasteiger partial charge in [-0.05, 0) is 12.1 Å². The van der Waals surface area contributed by atoms with Gasteiger partial charge in [-0.1, -0.05) is 6.07 Å². The van der Waals surface area contributed by atoms with Crippen molar-refractivity contribution in [2.45, 2.75) is 0 Å².